The van der Waals surface area contributed by atoms with Gasteiger partial charge < -0.3 is 20.3 Å². The fourth-order valence-corrected chi connectivity index (χ4v) is 1.53. The predicted octanol–water partition coefficient (Wildman–Crippen LogP) is 1.11. The summed E-state index contributed by atoms with van der Waals surface area (Å²) in [6, 6.07) is 2.96. The third kappa shape index (κ3) is 1.29. The molecule has 0 saturated heterocycles. The van der Waals surface area contributed by atoms with E-state index >= 15 is 0 Å². The van der Waals surface area contributed by atoms with Crippen LogP contribution in [-0.4, -0.2) is 26.9 Å². The van der Waals surface area contributed by atoms with Gasteiger partial charge in [0.05, 0.1) is 0 Å². The van der Waals surface area contributed by atoms with Crippen molar-refractivity contribution in [2.45, 2.75) is 6.42 Å². The summed E-state index contributed by atoms with van der Waals surface area (Å²) in [4.78, 5) is 2.96. The van der Waals surface area contributed by atoms with Gasteiger partial charge in [-0.05, 0) is 18.1 Å². The number of hydrogen-bond donors (Lipinski definition) is 4. The number of aromatic hydroxyl groups is 2. The van der Waals surface area contributed by atoms with Gasteiger partial charge in [0.15, 0.2) is 11.5 Å². The molecule has 1 aromatic carbocycles. The SMILES string of the molecule is OCCc1c[nH]c2cc(O)c(O)cc12. The molecule has 1 heterocycles. The van der Waals surface area contributed by atoms with Gasteiger partial charge in [0.2, 0.25) is 0 Å². The number of phenols is 2. The van der Waals surface area contributed by atoms with Crippen molar-refractivity contribution in [1.82, 2.24) is 4.98 Å². The van der Waals surface area contributed by atoms with Crippen molar-refractivity contribution in [3.05, 3.63) is 23.9 Å². The number of rotatable bonds is 2. The Bertz CT molecular complexity index is 462. The van der Waals surface area contributed by atoms with E-state index in [1.165, 1.54) is 12.1 Å². The van der Waals surface area contributed by atoms with Crippen molar-refractivity contribution in [3.63, 3.8) is 0 Å². The number of benzene rings is 1. The molecular weight excluding hydrogens is 182 g/mol. The normalized spacial score (nSPS) is 10.9. The van der Waals surface area contributed by atoms with Crippen LogP contribution in [-0.2, 0) is 6.42 Å². The molecule has 0 aliphatic heterocycles. The van der Waals surface area contributed by atoms with Crippen molar-refractivity contribution in [1.29, 1.82) is 0 Å². The Morgan fingerprint density at radius 1 is 1.14 bits per heavy atom. The molecule has 1 aromatic heterocycles. The van der Waals surface area contributed by atoms with Gasteiger partial charge in [0.25, 0.3) is 0 Å². The van der Waals surface area contributed by atoms with Crippen molar-refractivity contribution < 1.29 is 15.3 Å². The number of aliphatic hydroxyl groups excluding tert-OH is 1. The lowest BCUT2D eigenvalue weighted by Crippen LogP contribution is -1.87. The quantitative estimate of drug-likeness (QED) is 0.540. The molecule has 4 N–H and O–H groups in total. The van der Waals surface area contributed by atoms with Crippen LogP contribution in [0, 0.1) is 0 Å². The zero-order valence-electron chi connectivity index (χ0n) is 7.49. The van der Waals surface area contributed by atoms with E-state index in [4.69, 9.17) is 5.11 Å². The van der Waals surface area contributed by atoms with Crippen LogP contribution in [0.15, 0.2) is 18.3 Å². The van der Waals surface area contributed by atoms with E-state index in [1.54, 1.807) is 6.20 Å². The maximum absolute atomic E-state index is 9.30. The lowest BCUT2D eigenvalue weighted by molar-refractivity contribution is 0.300. The smallest absolute Gasteiger partial charge is 0.159 e. The zero-order valence-corrected chi connectivity index (χ0v) is 7.49. The third-order valence-electron chi connectivity index (χ3n) is 2.24. The maximum atomic E-state index is 9.30. The monoisotopic (exact) mass is 193 g/mol. The van der Waals surface area contributed by atoms with Crippen LogP contribution < -0.4 is 0 Å². The van der Waals surface area contributed by atoms with E-state index in [9.17, 15) is 10.2 Å². The van der Waals surface area contributed by atoms with E-state index in [1.807, 2.05) is 0 Å². The first-order chi connectivity index (χ1) is 6.72. The minimum atomic E-state index is -0.144. The molecule has 0 radical (unpaired) electrons. The van der Waals surface area contributed by atoms with Crippen LogP contribution >= 0.6 is 0 Å². The molecule has 0 spiro atoms. The molecule has 0 saturated carbocycles. The van der Waals surface area contributed by atoms with Crippen LogP contribution in [0.4, 0.5) is 0 Å². The average Bonchev–Trinajstić information content (AvgIpc) is 2.51. The van der Waals surface area contributed by atoms with Gasteiger partial charge in [-0.3, -0.25) is 0 Å². The van der Waals surface area contributed by atoms with Crippen LogP contribution in [0.5, 0.6) is 11.5 Å². The average molecular weight is 193 g/mol. The highest BCUT2D eigenvalue weighted by atomic mass is 16.3. The van der Waals surface area contributed by atoms with Crippen molar-refractivity contribution in [2.75, 3.05) is 6.61 Å². The van der Waals surface area contributed by atoms with E-state index in [-0.39, 0.29) is 18.1 Å². The van der Waals surface area contributed by atoms with Crippen molar-refractivity contribution in [2.24, 2.45) is 0 Å². The number of nitrogens with one attached hydrogen (secondary N) is 1. The Balaban J connectivity index is 2.61. The minimum absolute atomic E-state index is 0.0641. The molecule has 0 bridgehead atoms. The number of aromatic amines is 1. The Morgan fingerprint density at radius 2 is 1.86 bits per heavy atom. The summed E-state index contributed by atoms with van der Waals surface area (Å²) in [6.45, 7) is 0.0641. The summed E-state index contributed by atoms with van der Waals surface area (Å²) < 4.78 is 0. The van der Waals surface area contributed by atoms with Gasteiger partial charge in [-0.1, -0.05) is 0 Å². The maximum Gasteiger partial charge on any atom is 0.159 e. The fourth-order valence-electron chi connectivity index (χ4n) is 1.53. The first kappa shape index (κ1) is 8.90. The topological polar surface area (TPSA) is 76.5 Å². The second-order valence-electron chi connectivity index (χ2n) is 3.17. The van der Waals surface area contributed by atoms with Gasteiger partial charge in [0, 0.05) is 29.8 Å². The second kappa shape index (κ2) is 3.23. The Kier molecular flexibility index (Phi) is 2.05. The summed E-state index contributed by atoms with van der Waals surface area (Å²) in [7, 11) is 0. The molecule has 2 rings (SSSR count). The van der Waals surface area contributed by atoms with Gasteiger partial charge in [-0.25, -0.2) is 0 Å². The first-order valence-electron chi connectivity index (χ1n) is 4.35. The predicted molar refractivity (Wildman–Crippen MR) is 52.4 cm³/mol. The molecule has 4 nitrogen and oxygen atoms in total. The molecule has 0 amide bonds. The number of fused-ring (bicyclic) bond motifs is 1. The van der Waals surface area contributed by atoms with Crippen molar-refractivity contribution in [3.8, 4) is 11.5 Å². The molecule has 2 aromatic rings. The molecule has 0 aliphatic carbocycles. The van der Waals surface area contributed by atoms with Crippen LogP contribution in [0.25, 0.3) is 10.9 Å². The lowest BCUT2D eigenvalue weighted by Gasteiger charge is -1.99. The van der Waals surface area contributed by atoms with E-state index in [0.29, 0.717) is 6.42 Å². The lowest BCUT2D eigenvalue weighted by atomic mass is 10.1. The van der Waals surface area contributed by atoms with Crippen LogP contribution in [0.2, 0.25) is 0 Å². The minimum Gasteiger partial charge on any atom is -0.504 e. The molecule has 0 atom stereocenters. The Labute approximate surface area is 80.4 Å². The highest BCUT2D eigenvalue weighted by Crippen LogP contribution is 2.31. The van der Waals surface area contributed by atoms with Gasteiger partial charge in [0.1, 0.15) is 0 Å². The summed E-state index contributed by atoms with van der Waals surface area (Å²) >= 11 is 0. The van der Waals surface area contributed by atoms with Crippen molar-refractivity contribution >= 4 is 10.9 Å². The molecule has 0 aliphatic rings. The Hall–Kier alpha value is -1.68. The summed E-state index contributed by atoms with van der Waals surface area (Å²) in [6.07, 6.45) is 2.30. The second-order valence-corrected chi connectivity index (χ2v) is 3.17. The highest BCUT2D eigenvalue weighted by Gasteiger charge is 2.07. The molecule has 74 valence electrons. The van der Waals surface area contributed by atoms with E-state index in [2.05, 4.69) is 4.98 Å². The summed E-state index contributed by atoms with van der Waals surface area (Å²) in [5, 5.41) is 28.2. The number of aliphatic hydroxyl groups is 1. The van der Waals surface area contributed by atoms with E-state index in [0.717, 1.165) is 16.5 Å². The third-order valence-corrected chi connectivity index (χ3v) is 2.24. The number of phenolic OH excluding ortho intramolecular Hbond substituents is 2. The zero-order chi connectivity index (χ0) is 10.1. The highest BCUT2D eigenvalue weighted by molar-refractivity contribution is 5.86. The number of hydrogen-bond acceptors (Lipinski definition) is 3. The summed E-state index contributed by atoms with van der Waals surface area (Å²) in [5.41, 5.74) is 1.68. The molecule has 4 heteroatoms. The summed E-state index contributed by atoms with van der Waals surface area (Å²) in [5.74, 6) is -0.286. The number of H-pyrrole nitrogens is 1. The first-order valence-corrected chi connectivity index (χ1v) is 4.35. The molecule has 0 fully saturated rings. The van der Waals surface area contributed by atoms with Crippen LogP contribution in [0.3, 0.4) is 0 Å². The fraction of sp³-hybridized carbons (Fsp3) is 0.200. The van der Waals surface area contributed by atoms with Gasteiger partial charge >= 0.3 is 0 Å². The Morgan fingerprint density at radius 3 is 2.57 bits per heavy atom. The largest absolute Gasteiger partial charge is 0.504 e. The van der Waals surface area contributed by atoms with E-state index < -0.39 is 0 Å². The molecule has 0 unspecified atom stereocenters. The van der Waals surface area contributed by atoms with Crippen LogP contribution in [0.1, 0.15) is 5.56 Å². The molecular formula is C10H11NO3. The standard InChI is InChI=1S/C10H11NO3/c12-2-1-6-5-11-8-4-10(14)9(13)3-7(6)8/h3-5,11-14H,1-2H2. The number of aromatic nitrogens is 1. The van der Waals surface area contributed by atoms with Gasteiger partial charge in [-0.2, -0.15) is 0 Å². The molecule has 14 heavy (non-hydrogen) atoms. The van der Waals surface area contributed by atoms with Gasteiger partial charge in [-0.15, -0.1) is 0 Å².